The van der Waals surface area contributed by atoms with Gasteiger partial charge in [-0.15, -0.1) is 17.7 Å². The average molecular weight is 740 g/mol. The molecule has 1 amide bonds. The summed E-state index contributed by atoms with van der Waals surface area (Å²) in [5.41, 5.74) is 5.02. The quantitative estimate of drug-likeness (QED) is 0.266. The predicted octanol–water partition coefficient (Wildman–Crippen LogP) is 5.14. The number of nitrogens with zero attached hydrogens (tertiary/aromatic N) is 5. The molecule has 2 N–H and O–H groups in total. The molecule has 3 aliphatic heterocycles. The van der Waals surface area contributed by atoms with E-state index in [1.807, 2.05) is 30.3 Å². The third-order valence-corrected chi connectivity index (χ3v) is 9.66. The number of thiol groups is 1. The minimum absolute atomic E-state index is 0.190. The number of halogens is 2. The molecule has 45 heavy (non-hydrogen) atoms. The molecule has 1 aromatic carbocycles. The van der Waals surface area contributed by atoms with Gasteiger partial charge in [-0.3, -0.25) is 0 Å². The van der Waals surface area contributed by atoms with Gasteiger partial charge >= 0.3 is 6.09 Å². The molecular weight excluding hydrogens is 708 g/mol. The molecule has 3 aliphatic rings. The van der Waals surface area contributed by atoms with Gasteiger partial charge in [-0.25, -0.2) is 19.4 Å². The van der Waals surface area contributed by atoms with E-state index in [0.29, 0.717) is 26.6 Å². The highest BCUT2D eigenvalue weighted by molar-refractivity contribution is 9.10. The molecular formula is C29H32BrClN6O6S2. The van der Waals surface area contributed by atoms with Crippen LogP contribution in [0.4, 0.5) is 4.79 Å². The number of hydrogen-bond acceptors (Lipinski definition) is 12. The minimum Gasteiger partial charge on any atom is -0.443 e. The Kier molecular flexibility index (Phi) is 9.29. The molecule has 0 bridgehead atoms. The molecule has 7 atom stereocenters. The molecule has 2 fully saturated rings. The average Bonchev–Trinajstić information content (AvgIpc) is 3.64. The zero-order valence-corrected chi connectivity index (χ0v) is 28.8. The van der Waals surface area contributed by atoms with Gasteiger partial charge in [0.2, 0.25) is 0 Å². The third kappa shape index (κ3) is 6.03. The van der Waals surface area contributed by atoms with Crippen molar-refractivity contribution in [2.45, 2.75) is 67.4 Å². The summed E-state index contributed by atoms with van der Waals surface area (Å²) in [6, 6.07) is 11.4. The van der Waals surface area contributed by atoms with E-state index in [4.69, 9.17) is 53.6 Å². The van der Waals surface area contributed by atoms with Crippen molar-refractivity contribution in [2.24, 2.45) is 5.73 Å². The summed E-state index contributed by atoms with van der Waals surface area (Å²) in [7, 11) is 1.56. The van der Waals surface area contributed by atoms with E-state index in [9.17, 15) is 4.79 Å². The number of benzene rings is 1. The topological polar surface area (TPSA) is 136 Å². The number of nitrogens with two attached hydrogens (primary N) is 1. The molecule has 6 rings (SSSR count). The molecule has 5 heterocycles. The van der Waals surface area contributed by atoms with Gasteiger partial charge in [0, 0.05) is 29.8 Å². The fourth-order valence-corrected chi connectivity index (χ4v) is 7.80. The van der Waals surface area contributed by atoms with Crippen molar-refractivity contribution in [1.29, 1.82) is 0 Å². The Labute approximate surface area is 283 Å². The molecule has 0 saturated carbocycles. The highest BCUT2D eigenvalue weighted by Crippen LogP contribution is 2.50. The maximum absolute atomic E-state index is 13.2. The van der Waals surface area contributed by atoms with Gasteiger partial charge < -0.3 is 29.4 Å². The molecule has 2 saturated heterocycles. The van der Waals surface area contributed by atoms with Crippen LogP contribution in [0.3, 0.4) is 0 Å². The summed E-state index contributed by atoms with van der Waals surface area (Å²) in [4.78, 5) is 19.1. The van der Waals surface area contributed by atoms with Crippen LogP contribution in [0.15, 0.2) is 58.8 Å². The van der Waals surface area contributed by atoms with Gasteiger partial charge in [-0.05, 0) is 42.8 Å². The zero-order valence-electron chi connectivity index (χ0n) is 24.7. The van der Waals surface area contributed by atoms with Crippen LogP contribution in [0.25, 0.3) is 5.70 Å². The summed E-state index contributed by atoms with van der Waals surface area (Å²) in [5.74, 6) is 0. The van der Waals surface area contributed by atoms with E-state index in [1.165, 1.54) is 22.9 Å². The first kappa shape index (κ1) is 32.7. The number of amides is 1. The third-order valence-electron chi connectivity index (χ3n) is 7.58. The van der Waals surface area contributed by atoms with Crippen LogP contribution in [0.5, 0.6) is 0 Å². The van der Waals surface area contributed by atoms with Crippen molar-refractivity contribution in [3.8, 4) is 0 Å². The smallest absolute Gasteiger partial charge is 0.416 e. The van der Waals surface area contributed by atoms with Crippen molar-refractivity contribution in [1.82, 2.24) is 24.9 Å². The monoisotopic (exact) mass is 738 g/mol. The number of hydrogen-bond donors (Lipinski definition) is 2. The summed E-state index contributed by atoms with van der Waals surface area (Å²) in [6.45, 7) is 5.56. The van der Waals surface area contributed by atoms with Crippen LogP contribution < -0.4 is 5.73 Å². The summed E-state index contributed by atoms with van der Waals surface area (Å²) in [6.07, 6.45) is -0.276. The number of ether oxygens (including phenoxy) is 5. The van der Waals surface area contributed by atoms with Crippen LogP contribution in [0.2, 0.25) is 5.02 Å². The number of thioether (sulfide) groups is 1. The zero-order chi connectivity index (χ0) is 32.1. The number of pyridine rings is 1. The summed E-state index contributed by atoms with van der Waals surface area (Å²) < 4.78 is 33.2. The Morgan fingerprint density at radius 2 is 2.02 bits per heavy atom. The minimum atomic E-state index is -1.31. The number of aromatic nitrogens is 4. The SMILES string of the molecule is CO[C@H]1[C@@H](S)O[C@@H]2COC(c3ccccc3)O[C@@H]2C1(c1cc(Cl)cnc1Br)n1cc(C2=CSC(N)N2C(=O)OC(C)(C)C)nn1. The molecule has 0 spiro atoms. The van der Waals surface area contributed by atoms with Gasteiger partial charge in [0.15, 0.2) is 11.8 Å². The normalized spacial score (nSPS) is 30.1. The number of fused-ring (bicyclic) bond motifs is 1. The molecule has 16 heteroatoms. The second kappa shape index (κ2) is 12.8. The Bertz CT molecular complexity index is 1590. The Balaban J connectivity index is 1.51. The standard InChI is InChI=1S/C29H32BrClN6O6S2/c1-28(2,3)43-27(38)37-19(14-45-26(37)32)18-12-36(35-34-18)29(17-10-16(31)11-33-23(17)30)21-20(41-25(44)22(29)39-4)13-40-24(42-21)15-8-6-5-7-9-15/h5-12,14,20-22,24-26,44H,13,32H2,1-4H3/t20-,21+,22+,24?,25-,26?,29?/m1/s1. The van der Waals surface area contributed by atoms with Gasteiger partial charge in [-0.2, -0.15) is 0 Å². The fourth-order valence-electron chi connectivity index (χ4n) is 5.78. The molecule has 240 valence electrons. The lowest BCUT2D eigenvalue weighted by atomic mass is 9.75. The Morgan fingerprint density at radius 3 is 2.73 bits per heavy atom. The Hall–Kier alpha value is -2.21. The van der Waals surface area contributed by atoms with Crippen molar-refractivity contribution in [3.63, 3.8) is 0 Å². The lowest BCUT2D eigenvalue weighted by molar-refractivity contribution is -0.323. The van der Waals surface area contributed by atoms with Gasteiger partial charge in [-0.1, -0.05) is 58.9 Å². The maximum atomic E-state index is 13.2. The lowest BCUT2D eigenvalue weighted by Gasteiger charge is -2.55. The van der Waals surface area contributed by atoms with Crippen molar-refractivity contribution >= 4 is 63.7 Å². The predicted molar refractivity (Wildman–Crippen MR) is 174 cm³/mol. The Morgan fingerprint density at radius 1 is 1.27 bits per heavy atom. The van der Waals surface area contributed by atoms with Crippen molar-refractivity contribution in [3.05, 3.63) is 80.6 Å². The van der Waals surface area contributed by atoms with E-state index >= 15 is 0 Å². The molecule has 12 nitrogen and oxygen atoms in total. The summed E-state index contributed by atoms with van der Waals surface area (Å²) >= 11 is 16.3. The van der Waals surface area contributed by atoms with Crippen LogP contribution in [0.1, 0.15) is 43.9 Å². The second-order valence-corrected chi connectivity index (χ2v) is 14.3. The van der Waals surface area contributed by atoms with Gasteiger partial charge in [0.25, 0.3) is 0 Å². The van der Waals surface area contributed by atoms with Crippen LogP contribution in [-0.4, -0.2) is 79.5 Å². The van der Waals surface area contributed by atoms with Crippen LogP contribution in [0, 0.1) is 0 Å². The van der Waals surface area contributed by atoms with E-state index in [2.05, 4.69) is 31.2 Å². The number of rotatable bonds is 5. The molecule has 0 aliphatic carbocycles. The first-order valence-corrected chi connectivity index (χ1v) is 16.6. The molecule has 2 aromatic heterocycles. The highest BCUT2D eigenvalue weighted by Gasteiger charge is 2.63. The van der Waals surface area contributed by atoms with Gasteiger partial charge in [0.05, 0.1) is 23.5 Å². The molecule has 3 aromatic rings. The first-order chi connectivity index (χ1) is 21.4. The van der Waals surface area contributed by atoms with Gasteiger partial charge in [0.1, 0.15) is 45.1 Å². The van der Waals surface area contributed by atoms with Crippen molar-refractivity contribution < 1.29 is 28.5 Å². The second-order valence-electron chi connectivity index (χ2n) is 11.6. The molecule has 0 radical (unpaired) electrons. The van der Waals surface area contributed by atoms with Crippen LogP contribution in [-0.2, 0) is 29.2 Å². The fraction of sp³-hybridized carbons (Fsp3) is 0.448. The van der Waals surface area contributed by atoms with E-state index < -0.39 is 52.8 Å². The molecule has 3 unspecified atom stereocenters. The highest BCUT2D eigenvalue weighted by atomic mass is 79.9. The largest absolute Gasteiger partial charge is 0.443 e. The number of carbonyl (C=O) groups is 1. The maximum Gasteiger partial charge on any atom is 0.416 e. The lowest BCUT2D eigenvalue weighted by Crippen LogP contribution is -2.70. The summed E-state index contributed by atoms with van der Waals surface area (Å²) in [5, 5.41) is 11.3. The first-order valence-electron chi connectivity index (χ1n) is 14.0. The number of carbonyl (C=O) groups excluding carboxylic acids is 1. The van der Waals surface area contributed by atoms with E-state index in [1.54, 1.807) is 50.2 Å². The van der Waals surface area contributed by atoms with Crippen LogP contribution >= 0.6 is 51.9 Å². The number of methoxy groups -OCH3 is 1. The van der Waals surface area contributed by atoms with E-state index in [-0.39, 0.29) is 6.61 Å². The van der Waals surface area contributed by atoms with E-state index in [0.717, 1.165) is 5.56 Å². The van der Waals surface area contributed by atoms with Crippen molar-refractivity contribution in [2.75, 3.05) is 13.7 Å².